The predicted molar refractivity (Wildman–Crippen MR) is 61.9 cm³/mol. The van der Waals surface area contributed by atoms with Crippen molar-refractivity contribution < 1.29 is 5.11 Å². The van der Waals surface area contributed by atoms with E-state index < -0.39 is 0 Å². The third kappa shape index (κ3) is 2.80. The number of aryl methyl sites for hydroxylation is 2. The van der Waals surface area contributed by atoms with Gasteiger partial charge in [-0.25, -0.2) is 0 Å². The molecule has 0 spiro atoms. The number of nitrogens with one attached hydrogen (secondary N) is 1. The number of aliphatic hydroxyl groups excluding tert-OH is 1. The summed E-state index contributed by atoms with van der Waals surface area (Å²) in [5.74, 6) is 0. The molecule has 2 rings (SSSR count). The molecule has 0 aliphatic heterocycles. The summed E-state index contributed by atoms with van der Waals surface area (Å²) in [4.78, 5) is 0. The number of rotatable bonds is 4. The van der Waals surface area contributed by atoms with Crippen molar-refractivity contribution in [2.75, 3.05) is 13.3 Å². The SMILES string of the molecule is OCNCCc1ccc2c(c1)CCCC2. The summed E-state index contributed by atoms with van der Waals surface area (Å²) in [5.41, 5.74) is 4.47. The normalized spacial score (nSPS) is 15.0. The van der Waals surface area contributed by atoms with Crippen molar-refractivity contribution >= 4 is 0 Å². The van der Waals surface area contributed by atoms with Crippen LogP contribution in [-0.2, 0) is 19.3 Å². The molecule has 0 heterocycles. The van der Waals surface area contributed by atoms with Gasteiger partial charge in [-0.15, -0.1) is 0 Å². The highest BCUT2D eigenvalue weighted by Gasteiger charge is 2.08. The third-order valence-electron chi connectivity index (χ3n) is 3.12. The Bertz CT molecular complexity index is 322. The molecule has 82 valence electrons. The Hall–Kier alpha value is -0.860. The lowest BCUT2D eigenvalue weighted by Crippen LogP contribution is -2.18. The molecule has 1 aliphatic carbocycles. The van der Waals surface area contributed by atoms with E-state index in [4.69, 9.17) is 5.11 Å². The lowest BCUT2D eigenvalue weighted by Gasteiger charge is -2.16. The van der Waals surface area contributed by atoms with Crippen LogP contribution in [0, 0.1) is 0 Å². The standard InChI is InChI=1S/C13H19NO/c15-10-14-8-7-11-5-6-12-3-1-2-4-13(12)9-11/h5-6,9,14-15H,1-4,7-8,10H2. The molecule has 2 nitrogen and oxygen atoms in total. The summed E-state index contributed by atoms with van der Waals surface area (Å²) in [6, 6.07) is 6.85. The van der Waals surface area contributed by atoms with Gasteiger partial charge in [0.25, 0.3) is 0 Å². The van der Waals surface area contributed by atoms with E-state index in [0.29, 0.717) is 0 Å². The van der Waals surface area contributed by atoms with E-state index in [0.717, 1.165) is 13.0 Å². The predicted octanol–water partition coefficient (Wildman–Crippen LogP) is 1.65. The van der Waals surface area contributed by atoms with Crippen LogP contribution >= 0.6 is 0 Å². The molecule has 1 aromatic rings. The summed E-state index contributed by atoms with van der Waals surface area (Å²) in [7, 11) is 0. The van der Waals surface area contributed by atoms with E-state index in [9.17, 15) is 0 Å². The number of hydrogen-bond donors (Lipinski definition) is 2. The molecule has 0 aromatic heterocycles. The lowest BCUT2D eigenvalue weighted by molar-refractivity contribution is 0.262. The second kappa shape index (κ2) is 5.29. The minimum Gasteiger partial charge on any atom is -0.381 e. The van der Waals surface area contributed by atoms with Crippen molar-refractivity contribution in [3.63, 3.8) is 0 Å². The molecule has 0 radical (unpaired) electrons. The van der Waals surface area contributed by atoms with Gasteiger partial charge in [0.05, 0.1) is 6.73 Å². The fraction of sp³-hybridized carbons (Fsp3) is 0.538. The zero-order chi connectivity index (χ0) is 10.5. The van der Waals surface area contributed by atoms with Crippen LogP contribution in [0.1, 0.15) is 29.5 Å². The van der Waals surface area contributed by atoms with E-state index in [1.807, 2.05) is 0 Å². The quantitative estimate of drug-likeness (QED) is 0.578. The maximum Gasteiger partial charge on any atom is 0.0931 e. The third-order valence-corrected chi connectivity index (χ3v) is 3.12. The first-order valence-corrected chi connectivity index (χ1v) is 5.82. The van der Waals surface area contributed by atoms with Gasteiger partial charge in [-0.1, -0.05) is 18.2 Å². The summed E-state index contributed by atoms with van der Waals surface area (Å²) in [5, 5.41) is 11.6. The van der Waals surface area contributed by atoms with Gasteiger partial charge >= 0.3 is 0 Å². The molecule has 0 bridgehead atoms. The van der Waals surface area contributed by atoms with E-state index in [1.54, 1.807) is 11.1 Å². The van der Waals surface area contributed by atoms with Crippen LogP contribution in [0.15, 0.2) is 18.2 Å². The van der Waals surface area contributed by atoms with Crippen molar-refractivity contribution in [2.45, 2.75) is 32.1 Å². The van der Waals surface area contributed by atoms with Crippen LogP contribution < -0.4 is 5.32 Å². The van der Waals surface area contributed by atoms with Crippen LogP contribution in [0.5, 0.6) is 0 Å². The molecule has 15 heavy (non-hydrogen) atoms. The van der Waals surface area contributed by atoms with E-state index in [2.05, 4.69) is 23.5 Å². The molecule has 2 heteroatoms. The molecular weight excluding hydrogens is 186 g/mol. The zero-order valence-corrected chi connectivity index (χ0v) is 9.13. The molecule has 0 saturated carbocycles. The number of benzene rings is 1. The van der Waals surface area contributed by atoms with Crippen LogP contribution in [0.2, 0.25) is 0 Å². The van der Waals surface area contributed by atoms with Gasteiger partial charge in [0.15, 0.2) is 0 Å². The van der Waals surface area contributed by atoms with Crippen LogP contribution in [-0.4, -0.2) is 18.4 Å². The van der Waals surface area contributed by atoms with Gasteiger partial charge in [0.2, 0.25) is 0 Å². The largest absolute Gasteiger partial charge is 0.381 e. The Balaban J connectivity index is 2.00. The second-order valence-corrected chi connectivity index (χ2v) is 4.22. The summed E-state index contributed by atoms with van der Waals surface area (Å²) < 4.78 is 0. The second-order valence-electron chi connectivity index (χ2n) is 4.22. The summed E-state index contributed by atoms with van der Waals surface area (Å²) >= 11 is 0. The Morgan fingerprint density at radius 1 is 1.13 bits per heavy atom. The average Bonchev–Trinajstić information content (AvgIpc) is 2.29. The van der Waals surface area contributed by atoms with Crippen molar-refractivity contribution in [3.05, 3.63) is 34.9 Å². The van der Waals surface area contributed by atoms with Gasteiger partial charge < -0.3 is 5.11 Å². The smallest absolute Gasteiger partial charge is 0.0931 e. The highest BCUT2D eigenvalue weighted by Crippen LogP contribution is 2.22. The van der Waals surface area contributed by atoms with Gasteiger partial charge in [-0.3, -0.25) is 5.32 Å². The first kappa shape index (κ1) is 10.7. The van der Waals surface area contributed by atoms with Gasteiger partial charge in [0, 0.05) is 6.54 Å². The number of fused-ring (bicyclic) bond motifs is 1. The molecule has 1 aliphatic rings. The van der Waals surface area contributed by atoms with E-state index in [1.165, 1.54) is 31.2 Å². The Labute approximate surface area is 91.3 Å². The van der Waals surface area contributed by atoms with E-state index >= 15 is 0 Å². The summed E-state index contributed by atoms with van der Waals surface area (Å²) in [6.07, 6.45) is 6.19. The number of aliphatic hydroxyl groups is 1. The topological polar surface area (TPSA) is 32.3 Å². The monoisotopic (exact) mass is 205 g/mol. The van der Waals surface area contributed by atoms with Gasteiger partial charge in [-0.05, 0) is 48.8 Å². The lowest BCUT2D eigenvalue weighted by atomic mass is 9.90. The molecule has 0 fully saturated rings. The Kier molecular flexibility index (Phi) is 3.75. The molecule has 0 atom stereocenters. The average molecular weight is 205 g/mol. The maximum absolute atomic E-state index is 8.63. The molecule has 0 saturated heterocycles. The fourth-order valence-electron chi connectivity index (χ4n) is 2.25. The van der Waals surface area contributed by atoms with E-state index in [-0.39, 0.29) is 6.73 Å². The molecule has 0 amide bonds. The molecule has 0 unspecified atom stereocenters. The van der Waals surface area contributed by atoms with Crippen molar-refractivity contribution in [1.82, 2.24) is 5.32 Å². The molecular formula is C13H19NO. The first-order valence-electron chi connectivity index (χ1n) is 5.82. The first-order chi connectivity index (χ1) is 7.40. The molecule has 2 N–H and O–H groups in total. The minimum absolute atomic E-state index is 0.0743. The van der Waals surface area contributed by atoms with Gasteiger partial charge in [-0.2, -0.15) is 0 Å². The fourth-order valence-corrected chi connectivity index (χ4v) is 2.25. The van der Waals surface area contributed by atoms with Crippen molar-refractivity contribution in [2.24, 2.45) is 0 Å². The van der Waals surface area contributed by atoms with Crippen LogP contribution in [0.25, 0.3) is 0 Å². The highest BCUT2D eigenvalue weighted by atomic mass is 16.3. The zero-order valence-electron chi connectivity index (χ0n) is 9.13. The summed E-state index contributed by atoms with van der Waals surface area (Å²) in [6.45, 7) is 0.931. The number of hydrogen-bond acceptors (Lipinski definition) is 2. The Morgan fingerprint density at radius 2 is 1.93 bits per heavy atom. The van der Waals surface area contributed by atoms with Gasteiger partial charge in [0.1, 0.15) is 0 Å². The highest BCUT2D eigenvalue weighted by molar-refractivity contribution is 5.33. The van der Waals surface area contributed by atoms with Crippen molar-refractivity contribution in [3.8, 4) is 0 Å². The van der Waals surface area contributed by atoms with Crippen LogP contribution in [0.3, 0.4) is 0 Å². The molecule has 1 aromatic carbocycles. The Morgan fingerprint density at radius 3 is 2.73 bits per heavy atom. The maximum atomic E-state index is 8.63. The van der Waals surface area contributed by atoms with Crippen molar-refractivity contribution in [1.29, 1.82) is 0 Å². The minimum atomic E-state index is 0.0743. The van der Waals surface area contributed by atoms with Crippen LogP contribution in [0.4, 0.5) is 0 Å².